The highest BCUT2D eigenvalue weighted by Gasteiger charge is 2.10. The van der Waals surface area contributed by atoms with Gasteiger partial charge in [0.05, 0.1) is 26.5 Å². The Labute approximate surface area is 152 Å². The van der Waals surface area contributed by atoms with Gasteiger partial charge in [-0.1, -0.05) is 11.6 Å². The number of hydrogen-bond donors (Lipinski definition) is 1. The Morgan fingerprint density at radius 3 is 2.40 bits per heavy atom. The molecule has 0 aliphatic rings. The van der Waals surface area contributed by atoms with E-state index < -0.39 is 0 Å². The lowest BCUT2D eigenvalue weighted by Gasteiger charge is -2.12. The lowest BCUT2D eigenvalue weighted by atomic mass is 10.2. The third kappa shape index (κ3) is 5.57. The Kier molecular flexibility index (Phi) is 6.95. The Hall–Kier alpha value is -2.40. The van der Waals surface area contributed by atoms with Gasteiger partial charge in [0.25, 0.3) is 0 Å². The molecule has 0 radical (unpaired) electrons. The maximum absolute atomic E-state index is 12.1. The summed E-state index contributed by atoms with van der Waals surface area (Å²) in [5.41, 5.74) is 1.49. The minimum absolute atomic E-state index is 0.0987. The normalized spacial score (nSPS) is 10.2. The van der Waals surface area contributed by atoms with Crippen molar-refractivity contribution in [2.75, 3.05) is 26.1 Å². The van der Waals surface area contributed by atoms with E-state index >= 15 is 0 Å². The molecule has 0 fully saturated rings. The molecule has 0 saturated carbocycles. The predicted octanol–water partition coefficient (Wildman–Crippen LogP) is 4.46. The summed E-state index contributed by atoms with van der Waals surface area (Å²) in [6, 6.07) is 10.8. The second-order valence-corrected chi connectivity index (χ2v) is 5.88. The summed E-state index contributed by atoms with van der Waals surface area (Å²) in [7, 11) is 3.16. The van der Waals surface area contributed by atoms with Crippen LogP contribution in [0, 0.1) is 6.92 Å². The van der Waals surface area contributed by atoms with Gasteiger partial charge in [0.15, 0.2) is 0 Å². The third-order valence-electron chi connectivity index (χ3n) is 3.63. The Bertz CT molecular complexity index is 716. The fourth-order valence-electron chi connectivity index (χ4n) is 2.24. The Morgan fingerprint density at radius 2 is 1.76 bits per heavy atom. The molecule has 5 nitrogen and oxygen atoms in total. The lowest BCUT2D eigenvalue weighted by Crippen LogP contribution is -2.13. The first-order valence-corrected chi connectivity index (χ1v) is 8.32. The lowest BCUT2D eigenvalue weighted by molar-refractivity contribution is -0.116. The number of ether oxygens (including phenoxy) is 3. The molecule has 2 aromatic rings. The van der Waals surface area contributed by atoms with Gasteiger partial charge in [-0.2, -0.15) is 0 Å². The number of methoxy groups -OCH3 is 2. The standard InChI is InChI=1S/C19H22ClNO4/c1-13-11-17(18(24-3)12-16(13)20)21-19(22)5-4-10-25-15-8-6-14(23-2)7-9-15/h6-9,11-12H,4-5,10H2,1-3H3,(H,21,22). The number of carbonyl (C=O) groups is 1. The van der Waals surface area contributed by atoms with Crippen LogP contribution in [0.2, 0.25) is 5.02 Å². The number of aryl methyl sites for hydroxylation is 1. The van der Waals surface area contributed by atoms with E-state index in [0.717, 1.165) is 17.1 Å². The maximum Gasteiger partial charge on any atom is 0.224 e. The molecular formula is C19H22ClNO4. The topological polar surface area (TPSA) is 56.8 Å². The van der Waals surface area contributed by atoms with Crippen molar-refractivity contribution in [1.82, 2.24) is 0 Å². The van der Waals surface area contributed by atoms with E-state index in [1.165, 1.54) is 0 Å². The van der Waals surface area contributed by atoms with Gasteiger partial charge in [0.1, 0.15) is 17.2 Å². The average molecular weight is 364 g/mol. The van der Waals surface area contributed by atoms with Gasteiger partial charge in [-0.05, 0) is 49.2 Å². The van der Waals surface area contributed by atoms with Gasteiger partial charge in [-0.15, -0.1) is 0 Å². The van der Waals surface area contributed by atoms with Crippen molar-refractivity contribution >= 4 is 23.2 Å². The van der Waals surface area contributed by atoms with Crippen LogP contribution in [0.3, 0.4) is 0 Å². The van der Waals surface area contributed by atoms with Crippen LogP contribution in [0.5, 0.6) is 17.2 Å². The fraction of sp³-hybridized carbons (Fsp3) is 0.316. The van der Waals surface area contributed by atoms with E-state index in [-0.39, 0.29) is 5.91 Å². The molecule has 0 spiro atoms. The first-order valence-electron chi connectivity index (χ1n) is 7.94. The molecule has 2 aromatic carbocycles. The van der Waals surface area contributed by atoms with E-state index in [4.69, 9.17) is 25.8 Å². The van der Waals surface area contributed by atoms with Crippen molar-refractivity contribution in [2.24, 2.45) is 0 Å². The van der Waals surface area contributed by atoms with E-state index in [9.17, 15) is 4.79 Å². The number of benzene rings is 2. The molecule has 25 heavy (non-hydrogen) atoms. The number of halogens is 1. The zero-order chi connectivity index (χ0) is 18.2. The van der Waals surface area contributed by atoms with Crippen LogP contribution < -0.4 is 19.5 Å². The molecule has 6 heteroatoms. The van der Waals surface area contributed by atoms with Crippen LogP contribution in [0.15, 0.2) is 36.4 Å². The average Bonchev–Trinajstić information content (AvgIpc) is 2.62. The molecule has 1 N–H and O–H groups in total. The van der Waals surface area contributed by atoms with Crippen molar-refractivity contribution in [2.45, 2.75) is 19.8 Å². The molecule has 0 atom stereocenters. The molecule has 0 bridgehead atoms. The molecule has 0 aromatic heterocycles. The van der Waals surface area contributed by atoms with E-state index in [1.807, 2.05) is 31.2 Å². The minimum Gasteiger partial charge on any atom is -0.497 e. The number of anilines is 1. The largest absolute Gasteiger partial charge is 0.497 e. The highest BCUT2D eigenvalue weighted by Crippen LogP contribution is 2.31. The van der Waals surface area contributed by atoms with Crippen molar-refractivity contribution in [3.05, 3.63) is 47.0 Å². The van der Waals surface area contributed by atoms with Gasteiger partial charge in [0.2, 0.25) is 5.91 Å². The zero-order valence-corrected chi connectivity index (χ0v) is 15.4. The summed E-state index contributed by atoms with van der Waals surface area (Å²) in [5.74, 6) is 1.96. The van der Waals surface area contributed by atoms with Crippen molar-refractivity contribution in [3.63, 3.8) is 0 Å². The van der Waals surface area contributed by atoms with Crippen LogP contribution in [-0.4, -0.2) is 26.7 Å². The molecule has 2 rings (SSSR count). The zero-order valence-electron chi connectivity index (χ0n) is 14.6. The molecule has 1 amide bonds. The van der Waals surface area contributed by atoms with Crippen molar-refractivity contribution < 1.29 is 19.0 Å². The van der Waals surface area contributed by atoms with Crippen molar-refractivity contribution in [1.29, 1.82) is 0 Å². The van der Waals surface area contributed by atoms with Crippen LogP contribution in [0.4, 0.5) is 5.69 Å². The number of carbonyl (C=O) groups excluding carboxylic acids is 1. The third-order valence-corrected chi connectivity index (χ3v) is 4.04. The molecule has 0 aliphatic carbocycles. The van der Waals surface area contributed by atoms with Gasteiger partial charge < -0.3 is 19.5 Å². The molecule has 0 saturated heterocycles. The van der Waals surface area contributed by atoms with E-state index in [2.05, 4.69) is 5.32 Å². The highest BCUT2D eigenvalue weighted by atomic mass is 35.5. The number of hydrogen-bond acceptors (Lipinski definition) is 4. The van der Waals surface area contributed by atoms with E-state index in [1.54, 1.807) is 26.4 Å². The Morgan fingerprint density at radius 1 is 1.08 bits per heavy atom. The van der Waals surface area contributed by atoms with Gasteiger partial charge >= 0.3 is 0 Å². The number of amides is 1. The molecule has 0 unspecified atom stereocenters. The number of rotatable bonds is 8. The minimum atomic E-state index is -0.0987. The van der Waals surface area contributed by atoms with Gasteiger partial charge in [0, 0.05) is 17.5 Å². The molecule has 134 valence electrons. The van der Waals surface area contributed by atoms with Crippen LogP contribution >= 0.6 is 11.6 Å². The fourth-order valence-corrected chi connectivity index (χ4v) is 2.39. The molecule has 0 heterocycles. The highest BCUT2D eigenvalue weighted by molar-refractivity contribution is 6.31. The maximum atomic E-state index is 12.1. The van der Waals surface area contributed by atoms with Crippen LogP contribution in [0.1, 0.15) is 18.4 Å². The second kappa shape index (κ2) is 9.18. The van der Waals surface area contributed by atoms with Crippen LogP contribution in [0.25, 0.3) is 0 Å². The first kappa shape index (κ1) is 18.9. The summed E-state index contributed by atoms with van der Waals surface area (Å²) >= 11 is 6.06. The Balaban J connectivity index is 1.80. The van der Waals surface area contributed by atoms with Crippen LogP contribution in [-0.2, 0) is 4.79 Å². The van der Waals surface area contributed by atoms with Gasteiger partial charge in [-0.3, -0.25) is 4.79 Å². The predicted molar refractivity (Wildman–Crippen MR) is 99.1 cm³/mol. The van der Waals surface area contributed by atoms with E-state index in [0.29, 0.717) is 35.9 Å². The summed E-state index contributed by atoms with van der Waals surface area (Å²) in [6.07, 6.45) is 0.952. The van der Waals surface area contributed by atoms with Gasteiger partial charge in [-0.25, -0.2) is 0 Å². The summed E-state index contributed by atoms with van der Waals surface area (Å²) < 4.78 is 15.9. The SMILES string of the molecule is COc1ccc(OCCCC(=O)Nc2cc(C)c(Cl)cc2OC)cc1. The van der Waals surface area contributed by atoms with Crippen molar-refractivity contribution in [3.8, 4) is 17.2 Å². The quantitative estimate of drug-likeness (QED) is 0.703. The molecular weight excluding hydrogens is 342 g/mol. The summed E-state index contributed by atoms with van der Waals surface area (Å²) in [5, 5.41) is 3.45. The molecule has 0 aliphatic heterocycles. The number of nitrogens with one attached hydrogen (secondary N) is 1. The smallest absolute Gasteiger partial charge is 0.224 e. The first-order chi connectivity index (χ1) is 12.0. The monoisotopic (exact) mass is 363 g/mol. The summed E-state index contributed by atoms with van der Waals surface area (Å²) in [6.45, 7) is 2.33. The second-order valence-electron chi connectivity index (χ2n) is 5.48. The summed E-state index contributed by atoms with van der Waals surface area (Å²) in [4.78, 5) is 12.1.